The fourth-order valence-corrected chi connectivity index (χ4v) is 4.15. The lowest BCUT2D eigenvalue weighted by Gasteiger charge is -2.05. The summed E-state index contributed by atoms with van der Waals surface area (Å²) in [6.45, 7) is 4.00. The molecule has 0 amide bonds. The van der Waals surface area contributed by atoms with E-state index >= 15 is 0 Å². The van der Waals surface area contributed by atoms with Crippen LogP contribution in [0.5, 0.6) is 0 Å². The van der Waals surface area contributed by atoms with Crippen molar-refractivity contribution in [3.8, 4) is 0 Å². The molecule has 140 valence electrons. The molecule has 1 nitrogen and oxygen atoms in total. The Balaban J connectivity index is 0.00000126. The zero-order chi connectivity index (χ0) is 19.5. The second kappa shape index (κ2) is 12.0. The molecule has 1 atom stereocenters. The highest BCUT2D eigenvalue weighted by atomic mass is 32.2. The summed E-state index contributed by atoms with van der Waals surface area (Å²) < 4.78 is 0. The first-order chi connectivity index (χ1) is 13.2. The van der Waals surface area contributed by atoms with Crippen LogP contribution in [0.3, 0.4) is 0 Å². The van der Waals surface area contributed by atoms with Gasteiger partial charge in [-0.3, -0.25) is 4.79 Å². The first-order valence-electron chi connectivity index (χ1n) is 9.02. The molecule has 0 N–H and O–H groups in total. The molecule has 0 spiro atoms. The van der Waals surface area contributed by atoms with Gasteiger partial charge in [0.1, 0.15) is 0 Å². The number of thioether (sulfide) groups is 2. The van der Waals surface area contributed by atoms with Gasteiger partial charge in [-0.2, -0.15) is 0 Å². The Labute approximate surface area is 173 Å². The van der Waals surface area contributed by atoms with Crippen LogP contribution in [0.2, 0.25) is 0 Å². The van der Waals surface area contributed by atoms with Gasteiger partial charge < -0.3 is 0 Å². The molecule has 4 heteroatoms. The zero-order valence-corrected chi connectivity index (χ0v) is 18.5. The molecule has 0 aromatic heterocycles. The van der Waals surface area contributed by atoms with Crippen LogP contribution in [0.1, 0.15) is 35.3 Å². The Hall–Kier alpha value is -1.54. The predicted octanol–water partition coefficient (Wildman–Crippen LogP) is 7.31. The molecule has 0 heterocycles. The summed E-state index contributed by atoms with van der Waals surface area (Å²) in [4.78, 5) is 14.4. The summed E-state index contributed by atoms with van der Waals surface area (Å²) in [5, 5.41) is 0.0789. The summed E-state index contributed by atoms with van der Waals surface area (Å²) in [6, 6.07) is 26.3. The van der Waals surface area contributed by atoms with E-state index in [0.717, 1.165) is 22.4 Å². The van der Waals surface area contributed by atoms with Crippen LogP contribution in [0.4, 0.5) is 0 Å². The third kappa shape index (κ3) is 7.18. The number of hydrogen-bond acceptors (Lipinski definition) is 3. The van der Waals surface area contributed by atoms with Gasteiger partial charge in [0.25, 0.3) is 0 Å². The Morgan fingerprint density at radius 1 is 0.778 bits per heavy atom. The number of carbonyl (C=O) groups is 1. The van der Waals surface area contributed by atoms with Gasteiger partial charge in [-0.05, 0) is 53.3 Å². The molecule has 0 saturated heterocycles. The van der Waals surface area contributed by atoms with E-state index in [4.69, 9.17) is 0 Å². The first kappa shape index (κ1) is 21.8. The predicted molar refractivity (Wildman–Crippen MR) is 124 cm³/mol. The Morgan fingerprint density at radius 2 is 1.33 bits per heavy atom. The smallest absolute Gasteiger partial charge is 0.224 e. The van der Waals surface area contributed by atoms with Gasteiger partial charge >= 0.3 is 0 Å². The van der Waals surface area contributed by atoms with Gasteiger partial charge in [-0.15, -0.1) is 21.0 Å². The highest BCUT2D eigenvalue weighted by Crippen LogP contribution is 2.28. The molecule has 0 aliphatic rings. The zero-order valence-electron chi connectivity index (χ0n) is 15.7. The average molecular weight is 413 g/mol. The number of rotatable bonds is 6. The van der Waals surface area contributed by atoms with Crippen molar-refractivity contribution in [2.75, 3.05) is 0 Å². The van der Waals surface area contributed by atoms with Crippen molar-refractivity contribution in [1.29, 1.82) is 0 Å². The van der Waals surface area contributed by atoms with Crippen molar-refractivity contribution in [3.63, 3.8) is 0 Å². The summed E-state index contributed by atoms with van der Waals surface area (Å²) in [7, 11) is 2.75. The number of hydrogen-bond donors (Lipinski definition) is 0. The molecule has 3 rings (SSSR count). The van der Waals surface area contributed by atoms with Gasteiger partial charge in [0.2, 0.25) is 5.12 Å². The molecule has 0 bridgehead atoms. The summed E-state index contributed by atoms with van der Waals surface area (Å²) in [5.41, 5.74) is 3.40. The van der Waals surface area contributed by atoms with Gasteiger partial charge in [-0.25, -0.2) is 0 Å². The summed E-state index contributed by atoms with van der Waals surface area (Å²) in [6.07, 6.45) is 0.994. The van der Waals surface area contributed by atoms with Crippen molar-refractivity contribution in [2.45, 2.75) is 35.6 Å². The quantitative estimate of drug-likeness (QED) is 0.312. The second-order valence-corrected chi connectivity index (χ2v) is 8.04. The van der Waals surface area contributed by atoms with E-state index in [1.807, 2.05) is 68.1 Å². The monoisotopic (exact) mass is 412 g/mol. The first-order valence-corrected chi connectivity index (χ1v) is 11.6. The maximum Gasteiger partial charge on any atom is 0.224 e. The Bertz CT molecular complexity index is 815. The van der Waals surface area contributed by atoms with E-state index in [0.29, 0.717) is 0 Å². The van der Waals surface area contributed by atoms with Crippen molar-refractivity contribution < 1.29 is 4.79 Å². The second-order valence-electron chi connectivity index (χ2n) is 5.54. The third-order valence-corrected chi connectivity index (χ3v) is 6.19. The number of benzene rings is 3. The van der Waals surface area contributed by atoms with Crippen LogP contribution in [0.15, 0.2) is 88.7 Å². The van der Waals surface area contributed by atoms with Crippen molar-refractivity contribution in [3.05, 3.63) is 95.6 Å². The molecule has 0 fully saturated rings. The highest BCUT2D eigenvalue weighted by Gasteiger charge is 2.07. The van der Waals surface area contributed by atoms with Crippen LogP contribution in [0.25, 0.3) is 0 Å². The van der Waals surface area contributed by atoms with Crippen molar-refractivity contribution in [2.24, 2.45) is 0 Å². The van der Waals surface area contributed by atoms with E-state index in [1.54, 1.807) is 0 Å². The van der Waals surface area contributed by atoms with E-state index in [-0.39, 0.29) is 5.12 Å². The van der Waals surface area contributed by atoms with Crippen LogP contribution in [-0.4, -0.2) is 5.12 Å². The van der Waals surface area contributed by atoms with Gasteiger partial charge in [-0.1, -0.05) is 68.4 Å². The topological polar surface area (TPSA) is 17.1 Å². The minimum Gasteiger partial charge on any atom is -0.281 e. The maximum atomic E-state index is 12.2. The third-order valence-electron chi connectivity index (χ3n) is 3.71. The van der Waals surface area contributed by atoms with E-state index in [9.17, 15) is 4.79 Å². The van der Waals surface area contributed by atoms with Crippen molar-refractivity contribution in [1.82, 2.24) is 0 Å². The minimum absolute atomic E-state index is 0.0789. The molecular weight excluding hydrogens is 387 g/mol. The SMILES string of the molecule is CC.O=C(Sc1ccc(SCc2ccc(CP)cc2)cc1)c1ccccc1. The molecule has 0 aliphatic carbocycles. The minimum atomic E-state index is 0.0789. The molecule has 27 heavy (non-hydrogen) atoms. The van der Waals surface area contributed by atoms with E-state index < -0.39 is 0 Å². The molecule has 0 saturated carbocycles. The fraction of sp³-hybridized carbons (Fsp3) is 0.174. The van der Waals surface area contributed by atoms with Gasteiger partial charge in [0.05, 0.1) is 0 Å². The highest BCUT2D eigenvalue weighted by molar-refractivity contribution is 8.14. The van der Waals surface area contributed by atoms with E-state index in [1.165, 1.54) is 27.8 Å². The molecule has 0 aliphatic heterocycles. The van der Waals surface area contributed by atoms with Crippen LogP contribution in [0, 0.1) is 0 Å². The average Bonchev–Trinajstić information content (AvgIpc) is 2.75. The lowest BCUT2D eigenvalue weighted by Crippen LogP contribution is -1.91. The Kier molecular flexibility index (Phi) is 9.69. The standard InChI is InChI=1S/C21H19OPS2.C2H6/c22-21(18-4-2-1-3-5-18)25-20-12-10-19(11-13-20)24-15-17-8-6-16(14-23)7-9-17;1-2/h1-13H,14-15,23H2;1-2H3. The van der Waals surface area contributed by atoms with E-state index in [2.05, 4.69) is 45.6 Å². The molecule has 3 aromatic carbocycles. The lowest BCUT2D eigenvalue weighted by atomic mass is 10.2. The van der Waals surface area contributed by atoms with Crippen LogP contribution < -0.4 is 0 Å². The largest absolute Gasteiger partial charge is 0.281 e. The summed E-state index contributed by atoms with van der Waals surface area (Å²) in [5.74, 6) is 0.951. The molecule has 0 radical (unpaired) electrons. The van der Waals surface area contributed by atoms with Crippen LogP contribution >= 0.6 is 32.8 Å². The number of carbonyl (C=O) groups excluding carboxylic acids is 1. The van der Waals surface area contributed by atoms with Crippen molar-refractivity contribution >= 4 is 37.9 Å². The molecule has 1 unspecified atom stereocenters. The fourth-order valence-electron chi connectivity index (χ4n) is 2.28. The Morgan fingerprint density at radius 3 is 1.93 bits per heavy atom. The molecular formula is C23H25OPS2. The van der Waals surface area contributed by atoms with Gasteiger partial charge in [0, 0.05) is 21.1 Å². The van der Waals surface area contributed by atoms with Crippen LogP contribution in [-0.2, 0) is 11.9 Å². The summed E-state index contributed by atoms with van der Waals surface area (Å²) >= 11 is 3.09. The molecule has 3 aromatic rings. The van der Waals surface area contributed by atoms with Gasteiger partial charge in [0.15, 0.2) is 0 Å². The normalized spacial score (nSPS) is 10.0. The maximum absolute atomic E-state index is 12.2. The lowest BCUT2D eigenvalue weighted by molar-refractivity contribution is 0.108.